The molecule has 2 aromatic carbocycles. The van der Waals surface area contributed by atoms with E-state index in [-0.39, 0.29) is 6.54 Å². The van der Waals surface area contributed by atoms with Crippen LogP contribution in [-0.4, -0.2) is 14.1 Å². The molecule has 5 heteroatoms. The van der Waals surface area contributed by atoms with Gasteiger partial charge in [0, 0.05) is 5.56 Å². The first kappa shape index (κ1) is 13.8. The van der Waals surface area contributed by atoms with Crippen LogP contribution < -0.4 is 4.31 Å². The summed E-state index contributed by atoms with van der Waals surface area (Å²) < 4.78 is 30.0. The van der Waals surface area contributed by atoms with E-state index in [2.05, 4.69) is 4.40 Å². The van der Waals surface area contributed by atoms with E-state index in [0.717, 1.165) is 16.7 Å². The predicted octanol–water partition coefficient (Wildman–Crippen LogP) is 3.07. The molecule has 0 amide bonds. The van der Waals surface area contributed by atoms with Gasteiger partial charge in [0.25, 0.3) is 0 Å². The fraction of sp³-hybridized carbons (Fsp3) is 0.188. The molecule has 0 bridgehead atoms. The van der Waals surface area contributed by atoms with Crippen LogP contribution in [0.1, 0.15) is 23.6 Å². The summed E-state index contributed by atoms with van der Waals surface area (Å²) in [4.78, 5) is 0. The summed E-state index contributed by atoms with van der Waals surface area (Å²) in [7, 11) is -3.67. The minimum absolute atomic E-state index is 0.288. The lowest BCUT2D eigenvalue weighted by molar-refractivity contribution is 0.591. The molecule has 1 heterocycles. The Labute approximate surface area is 124 Å². The second-order valence-electron chi connectivity index (χ2n) is 5.16. The molecule has 0 saturated heterocycles. The summed E-state index contributed by atoms with van der Waals surface area (Å²) in [6.07, 6.45) is 0. The van der Waals surface area contributed by atoms with E-state index in [9.17, 15) is 8.42 Å². The number of para-hydroxylation sites is 1. The maximum absolute atomic E-state index is 12.4. The van der Waals surface area contributed by atoms with Crippen LogP contribution in [0.4, 0.5) is 5.69 Å². The average Bonchev–Trinajstić information content (AvgIpc) is 2.45. The van der Waals surface area contributed by atoms with Crippen molar-refractivity contribution in [3.05, 3.63) is 65.2 Å². The Balaban J connectivity index is 2.06. The molecule has 0 unspecified atom stereocenters. The maximum atomic E-state index is 12.4. The minimum Gasteiger partial charge on any atom is -0.247 e. The van der Waals surface area contributed by atoms with Crippen molar-refractivity contribution < 1.29 is 8.42 Å². The Morgan fingerprint density at radius 3 is 2.38 bits per heavy atom. The van der Waals surface area contributed by atoms with Crippen LogP contribution in [0.2, 0.25) is 0 Å². The second-order valence-corrected chi connectivity index (χ2v) is 6.68. The molecular formula is C16H16N2O2S. The van der Waals surface area contributed by atoms with Crippen LogP contribution in [0.5, 0.6) is 0 Å². The summed E-state index contributed by atoms with van der Waals surface area (Å²) in [6, 6.07) is 15.3. The summed E-state index contributed by atoms with van der Waals surface area (Å²) in [6.45, 7) is 4.01. The zero-order valence-electron chi connectivity index (χ0n) is 11.9. The number of aryl methyl sites for hydroxylation is 1. The molecule has 2 aromatic rings. The summed E-state index contributed by atoms with van der Waals surface area (Å²) in [5, 5.41) is 0. The summed E-state index contributed by atoms with van der Waals surface area (Å²) in [5.41, 5.74) is 4.17. The third-order valence-corrected chi connectivity index (χ3v) is 4.93. The second kappa shape index (κ2) is 5.00. The average molecular weight is 300 g/mol. The number of nitrogens with zero attached hydrogens (tertiary/aromatic N) is 2. The third kappa shape index (κ3) is 2.56. The Morgan fingerprint density at radius 1 is 1.00 bits per heavy atom. The lowest BCUT2D eigenvalue weighted by Gasteiger charge is -2.28. The van der Waals surface area contributed by atoms with Gasteiger partial charge in [-0.2, -0.15) is 8.42 Å². The van der Waals surface area contributed by atoms with Gasteiger partial charge in [0.05, 0.1) is 17.9 Å². The SMILES string of the molecule is CC1=NS(=O)(=O)N(Cc2ccc(C)cc2)c2ccccc21. The highest BCUT2D eigenvalue weighted by molar-refractivity contribution is 7.91. The lowest BCUT2D eigenvalue weighted by atomic mass is 10.1. The quantitative estimate of drug-likeness (QED) is 0.856. The largest absolute Gasteiger partial charge is 0.345 e. The standard InChI is InChI=1S/C16H16N2O2S/c1-12-7-9-14(10-8-12)11-18-16-6-4-3-5-15(16)13(2)17-21(18,19)20/h3-10H,11H2,1-2H3. The van der Waals surface area contributed by atoms with Gasteiger partial charge in [-0.15, -0.1) is 4.40 Å². The van der Waals surface area contributed by atoms with E-state index < -0.39 is 10.2 Å². The van der Waals surface area contributed by atoms with Crippen LogP contribution in [0.3, 0.4) is 0 Å². The first-order valence-corrected chi connectivity index (χ1v) is 8.11. The molecule has 0 spiro atoms. The first-order valence-electron chi connectivity index (χ1n) is 6.71. The van der Waals surface area contributed by atoms with Gasteiger partial charge in [-0.1, -0.05) is 48.0 Å². The minimum atomic E-state index is -3.67. The van der Waals surface area contributed by atoms with Gasteiger partial charge < -0.3 is 0 Å². The van der Waals surface area contributed by atoms with Crippen molar-refractivity contribution in [1.82, 2.24) is 0 Å². The van der Waals surface area contributed by atoms with Gasteiger partial charge in [-0.3, -0.25) is 0 Å². The van der Waals surface area contributed by atoms with Crippen LogP contribution >= 0.6 is 0 Å². The van der Waals surface area contributed by atoms with Gasteiger partial charge in [0.15, 0.2) is 0 Å². The van der Waals surface area contributed by atoms with Crippen LogP contribution in [-0.2, 0) is 16.8 Å². The Kier molecular flexibility index (Phi) is 3.29. The Morgan fingerprint density at radius 2 is 1.67 bits per heavy atom. The predicted molar refractivity (Wildman–Crippen MR) is 84.9 cm³/mol. The number of rotatable bonds is 2. The number of anilines is 1. The lowest BCUT2D eigenvalue weighted by Crippen LogP contribution is -2.33. The Bertz CT molecular complexity index is 808. The Hall–Kier alpha value is -2.14. The van der Waals surface area contributed by atoms with Gasteiger partial charge >= 0.3 is 10.2 Å². The highest BCUT2D eigenvalue weighted by atomic mass is 32.2. The van der Waals surface area contributed by atoms with Gasteiger partial charge in [-0.05, 0) is 25.5 Å². The van der Waals surface area contributed by atoms with E-state index >= 15 is 0 Å². The smallest absolute Gasteiger partial charge is 0.247 e. The molecule has 1 aliphatic rings. The highest BCUT2D eigenvalue weighted by Gasteiger charge is 2.29. The number of hydrogen-bond acceptors (Lipinski definition) is 2. The van der Waals surface area contributed by atoms with Crippen molar-refractivity contribution in [2.45, 2.75) is 20.4 Å². The van der Waals surface area contributed by atoms with Gasteiger partial charge in [0.2, 0.25) is 0 Å². The molecule has 0 N–H and O–H groups in total. The summed E-state index contributed by atoms with van der Waals surface area (Å²) in [5.74, 6) is 0. The third-order valence-electron chi connectivity index (χ3n) is 3.54. The number of hydrogen-bond donors (Lipinski definition) is 0. The topological polar surface area (TPSA) is 49.7 Å². The zero-order valence-corrected chi connectivity index (χ0v) is 12.8. The molecule has 1 aliphatic heterocycles. The van der Waals surface area contributed by atoms with Crippen molar-refractivity contribution in [2.24, 2.45) is 4.40 Å². The molecular weight excluding hydrogens is 284 g/mol. The molecule has 0 radical (unpaired) electrons. The monoisotopic (exact) mass is 300 g/mol. The number of fused-ring (bicyclic) bond motifs is 1. The van der Waals surface area contributed by atoms with Crippen molar-refractivity contribution in [2.75, 3.05) is 4.31 Å². The maximum Gasteiger partial charge on any atom is 0.345 e. The van der Waals surface area contributed by atoms with E-state index in [1.165, 1.54) is 4.31 Å². The van der Waals surface area contributed by atoms with Crippen molar-refractivity contribution in [1.29, 1.82) is 0 Å². The molecule has 0 aliphatic carbocycles. The van der Waals surface area contributed by atoms with Crippen molar-refractivity contribution >= 4 is 21.6 Å². The molecule has 4 nitrogen and oxygen atoms in total. The van der Waals surface area contributed by atoms with Gasteiger partial charge in [0.1, 0.15) is 0 Å². The fourth-order valence-corrected chi connectivity index (χ4v) is 3.68. The van der Waals surface area contributed by atoms with E-state index in [1.54, 1.807) is 6.92 Å². The fourth-order valence-electron chi connectivity index (χ4n) is 2.42. The molecule has 3 rings (SSSR count). The van der Waals surface area contributed by atoms with Crippen LogP contribution in [0.15, 0.2) is 52.9 Å². The van der Waals surface area contributed by atoms with Crippen LogP contribution in [0, 0.1) is 6.92 Å². The molecule has 21 heavy (non-hydrogen) atoms. The molecule has 0 fully saturated rings. The zero-order chi connectivity index (χ0) is 15.0. The van der Waals surface area contributed by atoms with E-state index in [4.69, 9.17) is 0 Å². The molecule has 0 saturated carbocycles. The van der Waals surface area contributed by atoms with Crippen molar-refractivity contribution in [3.8, 4) is 0 Å². The summed E-state index contributed by atoms with van der Waals surface area (Å²) >= 11 is 0. The van der Waals surface area contributed by atoms with E-state index in [0.29, 0.717) is 11.4 Å². The molecule has 0 atom stereocenters. The van der Waals surface area contributed by atoms with Crippen LogP contribution in [0.25, 0.3) is 0 Å². The van der Waals surface area contributed by atoms with Gasteiger partial charge in [-0.25, -0.2) is 4.31 Å². The van der Waals surface area contributed by atoms with E-state index in [1.807, 2.05) is 55.5 Å². The van der Waals surface area contributed by atoms with Crippen molar-refractivity contribution in [3.63, 3.8) is 0 Å². The molecule has 0 aromatic heterocycles. The number of benzene rings is 2. The molecule has 108 valence electrons. The normalized spacial score (nSPS) is 16.3. The highest BCUT2D eigenvalue weighted by Crippen LogP contribution is 2.30. The first-order chi connectivity index (χ1) is 9.97.